The summed E-state index contributed by atoms with van der Waals surface area (Å²) >= 11 is 3.50. The molecule has 0 aliphatic carbocycles. The number of hydrogen-bond donors (Lipinski definition) is 1. The van der Waals surface area contributed by atoms with Gasteiger partial charge in [0.2, 0.25) is 0 Å². The van der Waals surface area contributed by atoms with E-state index in [0.717, 1.165) is 28.8 Å². The van der Waals surface area contributed by atoms with Gasteiger partial charge in [0, 0.05) is 20.8 Å². The number of hydrogen-bond acceptors (Lipinski definition) is 5. The molecule has 0 saturated heterocycles. The van der Waals surface area contributed by atoms with E-state index in [2.05, 4.69) is 38.1 Å². The van der Waals surface area contributed by atoms with Gasteiger partial charge in [-0.05, 0) is 29.3 Å². The molecule has 1 aromatic heterocycles. The Morgan fingerprint density at radius 1 is 1.32 bits per heavy atom. The second-order valence-electron chi connectivity index (χ2n) is 4.11. The zero-order chi connectivity index (χ0) is 14.3. The molecule has 1 atom stereocenters. The highest BCUT2D eigenvalue weighted by atomic mass is 79.9. The molecule has 0 spiro atoms. The van der Waals surface area contributed by atoms with E-state index < -0.39 is 0 Å². The van der Waals surface area contributed by atoms with Crippen LogP contribution in [0.4, 0.5) is 5.82 Å². The first-order valence-electron chi connectivity index (χ1n) is 6.52. The summed E-state index contributed by atoms with van der Waals surface area (Å²) in [7, 11) is 3.49. The first kappa shape index (κ1) is 16.3. The van der Waals surface area contributed by atoms with Crippen LogP contribution in [-0.2, 0) is 16.1 Å². The molecule has 1 N–H and O–H groups in total. The molecular weight excluding hydrogens is 310 g/mol. The Kier molecular flexibility index (Phi) is 7.27. The van der Waals surface area contributed by atoms with E-state index in [0.29, 0.717) is 19.0 Å². The van der Waals surface area contributed by atoms with Crippen LogP contribution in [-0.4, -0.2) is 30.7 Å². The standard InChI is InChI=1S/C13H22BrN3O2/c1-5-7-10(19-6-2)12-16-9(8-18-4)11(14)13(15-3)17-12/h10H,5-8H2,1-4H3,(H,15,16,17). The Morgan fingerprint density at radius 2 is 2.05 bits per heavy atom. The summed E-state index contributed by atoms with van der Waals surface area (Å²) in [6.07, 6.45) is 1.87. The molecule has 0 aliphatic heterocycles. The summed E-state index contributed by atoms with van der Waals surface area (Å²) in [6, 6.07) is 0. The monoisotopic (exact) mass is 331 g/mol. The van der Waals surface area contributed by atoms with Gasteiger partial charge in [-0.3, -0.25) is 0 Å². The van der Waals surface area contributed by atoms with Gasteiger partial charge in [-0.1, -0.05) is 13.3 Å². The van der Waals surface area contributed by atoms with Crippen molar-refractivity contribution in [2.24, 2.45) is 0 Å². The highest BCUT2D eigenvalue weighted by molar-refractivity contribution is 9.10. The second-order valence-corrected chi connectivity index (χ2v) is 4.90. The van der Waals surface area contributed by atoms with Crippen LogP contribution in [0, 0.1) is 0 Å². The van der Waals surface area contributed by atoms with Crippen molar-refractivity contribution < 1.29 is 9.47 Å². The summed E-state index contributed by atoms with van der Waals surface area (Å²) < 4.78 is 11.7. The summed E-state index contributed by atoms with van der Waals surface area (Å²) in [5, 5.41) is 3.06. The molecule has 0 fully saturated rings. The molecule has 5 nitrogen and oxygen atoms in total. The lowest BCUT2D eigenvalue weighted by Crippen LogP contribution is -2.13. The number of ether oxygens (including phenoxy) is 2. The molecule has 19 heavy (non-hydrogen) atoms. The van der Waals surface area contributed by atoms with Crippen LogP contribution in [0.3, 0.4) is 0 Å². The van der Waals surface area contributed by atoms with Gasteiger partial charge in [0.15, 0.2) is 5.82 Å². The maximum Gasteiger partial charge on any atom is 0.159 e. The molecule has 1 unspecified atom stereocenters. The van der Waals surface area contributed by atoms with Crippen LogP contribution in [0.2, 0.25) is 0 Å². The molecule has 0 saturated carbocycles. The molecular formula is C13H22BrN3O2. The van der Waals surface area contributed by atoms with E-state index >= 15 is 0 Å². The zero-order valence-electron chi connectivity index (χ0n) is 12.0. The van der Waals surface area contributed by atoms with Gasteiger partial charge >= 0.3 is 0 Å². The van der Waals surface area contributed by atoms with Crippen molar-refractivity contribution in [1.82, 2.24) is 9.97 Å². The number of aromatic nitrogens is 2. The SMILES string of the molecule is CCCC(OCC)c1nc(COC)c(Br)c(NC)n1. The Hall–Kier alpha value is -0.720. The van der Waals surface area contributed by atoms with Gasteiger partial charge in [-0.2, -0.15) is 0 Å². The van der Waals surface area contributed by atoms with Crippen LogP contribution >= 0.6 is 15.9 Å². The Morgan fingerprint density at radius 3 is 2.58 bits per heavy atom. The first-order valence-corrected chi connectivity index (χ1v) is 7.31. The largest absolute Gasteiger partial charge is 0.378 e. The molecule has 0 amide bonds. The Bertz CT molecular complexity index is 396. The summed E-state index contributed by atoms with van der Waals surface area (Å²) in [4.78, 5) is 9.08. The van der Waals surface area contributed by atoms with Crippen LogP contribution in [0.15, 0.2) is 4.47 Å². The Balaban J connectivity index is 3.13. The van der Waals surface area contributed by atoms with E-state index in [-0.39, 0.29) is 6.10 Å². The number of nitrogens with one attached hydrogen (secondary N) is 1. The fraction of sp³-hybridized carbons (Fsp3) is 0.692. The van der Waals surface area contributed by atoms with Crippen LogP contribution in [0.5, 0.6) is 0 Å². The predicted molar refractivity (Wildman–Crippen MR) is 79.3 cm³/mol. The van der Waals surface area contributed by atoms with Gasteiger partial charge in [-0.15, -0.1) is 0 Å². The molecule has 6 heteroatoms. The fourth-order valence-corrected chi connectivity index (χ4v) is 2.30. The van der Waals surface area contributed by atoms with Crippen LogP contribution in [0.25, 0.3) is 0 Å². The maximum absolute atomic E-state index is 5.73. The van der Waals surface area contributed by atoms with Crippen molar-refractivity contribution in [3.05, 3.63) is 16.0 Å². The van der Waals surface area contributed by atoms with E-state index in [4.69, 9.17) is 9.47 Å². The molecule has 0 aromatic carbocycles. The van der Waals surface area contributed by atoms with E-state index in [1.807, 2.05) is 14.0 Å². The van der Waals surface area contributed by atoms with Crippen molar-refractivity contribution in [3.8, 4) is 0 Å². The van der Waals surface area contributed by atoms with Crippen molar-refractivity contribution in [1.29, 1.82) is 0 Å². The lowest BCUT2D eigenvalue weighted by atomic mass is 10.2. The van der Waals surface area contributed by atoms with Gasteiger partial charge in [0.05, 0.1) is 16.8 Å². The quantitative estimate of drug-likeness (QED) is 0.791. The van der Waals surface area contributed by atoms with Crippen molar-refractivity contribution >= 4 is 21.7 Å². The fourth-order valence-electron chi connectivity index (χ4n) is 1.80. The molecule has 1 rings (SSSR count). The lowest BCUT2D eigenvalue weighted by molar-refractivity contribution is 0.0489. The summed E-state index contributed by atoms with van der Waals surface area (Å²) in [5.41, 5.74) is 0.831. The van der Waals surface area contributed by atoms with E-state index in [1.54, 1.807) is 7.11 Å². The third-order valence-electron chi connectivity index (χ3n) is 2.66. The van der Waals surface area contributed by atoms with Gasteiger partial charge < -0.3 is 14.8 Å². The third kappa shape index (κ3) is 4.40. The topological polar surface area (TPSA) is 56.3 Å². The highest BCUT2D eigenvalue weighted by Crippen LogP contribution is 2.28. The maximum atomic E-state index is 5.73. The number of rotatable bonds is 8. The van der Waals surface area contributed by atoms with Crippen LogP contribution in [0.1, 0.15) is 44.3 Å². The highest BCUT2D eigenvalue weighted by Gasteiger charge is 2.18. The average Bonchev–Trinajstić information content (AvgIpc) is 2.41. The molecule has 0 bridgehead atoms. The summed E-state index contributed by atoms with van der Waals surface area (Å²) in [6.45, 7) is 5.20. The summed E-state index contributed by atoms with van der Waals surface area (Å²) in [5.74, 6) is 1.47. The predicted octanol–water partition coefficient (Wildman–Crippen LogP) is 3.30. The molecule has 0 radical (unpaired) electrons. The minimum absolute atomic E-state index is 0.0641. The van der Waals surface area contributed by atoms with Crippen LogP contribution < -0.4 is 5.32 Å². The van der Waals surface area contributed by atoms with Gasteiger partial charge in [-0.25, -0.2) is 9.97 Å². The number of methoxy groups -OCH3 is 1. The van der Waals surface area contributed by atoms with Gasteiger partial charge in [0.1, 0.15) is 11.9 Å². The molecule has 0 aliphatic rings. The van der Waals surface area contributed by atoms with Crippen molar-refractivity contribution in [2.45, 2.75) is 39.4 Å². The van der Waals surface area contributed by atoms with Crippen molar-refractivity contribution in [3.63, 3.8) is 0 Å². The number of anilines is 1. The second kappa shape index (κ2) is 8.45. The normalized spacial score (nSPS) is 12.5. The minimum atomic E-state index is -0.0641. The molecule has 108 valence electrons. The smallest absolute Gasteiger partial charge is 0.159 e. The zero-order valence-corrected chi connectivity index (χ0v) is 13.6. The number of nitrogens with zero attached hydrogens (tertiary/aromatic N) is 2. The third-order valence-corrected chi connectivity index (χ3v) is 3.49. The average molecular weight is 332 g/mol. The van der Waals surface area contributed by atoms with E-state index in [1.165, 1.54) is 0 Å². The van der Waals surface area contributed by atoms with Crippen molar-refractivity contribution in [2.75, 3.05) is 26.1 Å². The minimum Gasteiger partial charge on any atom is -0.378 e. The molecule has 1 aromatic rings. The Labute approximate surface area is 123 Å². The van der Waals surface area contributed by atoms with E-state index in [9.17, 15) is 0 Å². The van der Waals surface area contributed by atoms with Gasteiger partial charge in [0.25, 0.3) is 0 Å². The lowest BCUT2D eigenvalue weighted by Gasteiger charge is -2.17. The molecule has 1 heterocycles. The number of halogens is 1. The first-order chi connectivity index (χ1) is 9.17.